The molecular weight excluding hydrogens is 454 g/mol. The third-order valence-corrected chi connectivity index (χ3v) is 5.88. The van der Waals surface area contributed by atoms with Crippen LogP contribution in [0.1, 0.15) is 49.4 Å². The molecule has 0 atom stereocenters. The maximum atomic E-state index is 12.5. The van der Waals surface area contributed by atoms with Crippen LogP contribution in [0.2, 0.25) is 0 Å². The Morgan fingerprint density at radius 1 is 1.09 bits per heavy atom. The minimum Gasteiger partial charge on any atom is -0.495 e. The van der Waals surface area contributed by atoms with E-state index in [1.165, 1.54) is 0 Å². The number of anilines is 2. The number of methoxy groups -OCH3 is 1. The molecule has 0 spiro atoms. The molecule has 3 amide bonds. The van der Waals surface area contributed by atoms with Crippen molar-refractivity contribution in [3.05, 3.63) is 52.6 Å². The van der Waals surface area contributed by atoms with Gasteiger partial charge in [-0.1, -0.05) is 32.6 Å². The van der Waals surface area contributed by atoms with E-state index in [1.54, 1.807) is 37.4 Å². The number of imide groups is 1. The van der Waals surface area contributed by atoms with Gasteiger partial charge in [-0.2, -0.15) is 0 Å². The maximum Gasteiger partial charge on any atom is 0.328 e. The summed E-state index contributed by atoms with van der Waals surface area (Å²) in [7, 11) is -1.82. The van der Waals surface area contributed by atoms with E-state index < -0.39 is 16.1 Å². The molecule has 34 heavy (non-hydrogen) atoms. The lowest BCUT2D eigenvalue weighted by atomic mass is 9.84. The summed E-state index contributed by atoms with van der Waals surface area (Å²) in [6.07, 6.45) is 1.31. The average molecular weight is 484 g/mol. The molecule has 0 saturated carbocycles. The molecule has 0 unspecified atom stereocenters. The van der Waals surface area contributed by atoms with Gasteiger partial charge in [0.15, 0.2) is 0 Å². The molecular formula is C25H29N3O5S. The van der Waals surface area contributed by atoms with E-state index in [4.69, 9.17) is 4.74 Å². The molecule has 0 radical (unpaired) electrons. The molecule has 0 aliphatic carbocycles. The molecule has 2 aromatic rings. The molecule has 2 aromatic carbocycles. The van der Waals surface area contributed by atoms with E-state index in [1.807, 2.05) is 27.7 Å². The molecule has 0 bridgehead atoms. The van der Waals surface area contributed by atoms with E-state index in [0.29, 0.717) is 34.8 Å². The Morgan fingerprint density at radius 2 is 1.76 bits per heavy atom. The molecule has 1 heterocycles. The Labute approximate surface area is 200 Å². The molecule has 1 aliphatic heterocycles. The van der Waals surface area contributed by atoms with Gasteiger partial charge >= 0.3 is 6.03 Å². The minimum atomic E-state index is -3.38. The fourth-order valence-corrected chi connectivity index (χ4v) is 4.23. The van der Waals surface area contributed by atoms with E-state index in [2.05, 4.69) is 21.9 Å². The Kier molecular flexibility index (Phi) is 6.94. The van der Waals surface area contributed by atoms with Gasteiger partial charge in [0.2, 0.25) is 15.9 Å². The number of aryl methyl sites for hydroxylation is 1. The first-order valence-corrected chi connectivity index (χ1v) is 12.6. The standard InChI is InChI=1S/C25H29N3O5S/c1-16-13-19(27-34(6,31)32)10-9-17(16)7-8-18-14-20(28-22(29)11-12-26-24(28)30)15-21(23(18)33-5)25(2,3)4/h9-10,13-15,27H,11-12H2,1-6H3,(H,26,30). The average Bonchev–Trinajstić information content (AvgIpc) is 2.71. The van der Waals surface area contributed by atoms with Gasteiger partial charge < -0.3 is 10.1 Å². The Morgan fingerprint density at radius 3 is 2.32 bits per heavy atom. The molecule has 3 rings (SSSR count). The molecule has 1 saturated heterocycles. The molecule has 180 valence electrons. The van der Waals surface area contributed by atoms with Gasteiger partial charge in [-0.3, -0.25) is 9.52 Å². The van der Waals surface area contributed by atoms with Gasteiger partial charge in [0, 0.05) is 29.8 Å². The van der Waals surface area contributed by atoms with E-state index in [-0.39, 0.29) is 17.7 Å². The number of carbonyl (C=O) groups is 2. The zero-order chi connectivity index (χ0) is 25.3. The van der Waals surface area contributed by atoms with Crippen molar-refractivity contribution >= 4 is 33.3 Å². The van der Waals surface area contributed by atoms with Crippen LogP contribution >= 0.6 is 0 Å². The van der Waals surface area contributed by atoms with Crippen molar-refractivity contribution in [3.63, 3.8) is 0 Å². The smallest absolute Gasteiger partial charge is 0.328 e. The van der Waals surface area contributed by atoms with E-state index in [9.17, 15) is 18.0 Å². The van der Waals surface area contributed by atoms with Crippen LogP contribution in [0.4, 0.5) is 16.2 Å². The number of sulfonamides is 1. The molecule has 1 fully saturated rings. The van der Waals surface area contributed by atoms with Crippen LogP contribution in [0.5, 0.6) is 5.75 Å². The van der Waals surface area contributed by atoms with Crippen LogP contribution in [0.25, 0.3) is 0 Å². The summed E-state index contributed by atoms with van der Waals surface area (Å²) in [5.74, 6) is 6.53. The van der Waals surface area contributed by atoms with Crippen molar-refractivity contribution in [2.75, 3.05) is 29.5 Å². The van der Waals surface area contributed by atoms with Gasteiger partial charge in [0.25, 0.3) is 0 Å². The van der Waals surface area contributed by atoms with Crippen molar-refractivity contribution < 1.29 is 22.7 Å². The SMILES string of the molecule is COc1c(C#Cc2ccc(NS(C)(=O)=O)cc2C)cc(N2C(=O)CCNC2=O)cc1C(C)(C)C. The first-order valence-electron chi connectivity index (χ1n) is 10.7. The molecule has 9 heteroatoms. The number of hydrogen-bond acceptors (Lipinski definition) is 5. The quantitative estimate of drug-likeness (QED) is 0.648. The van der Waals surface area contributed by atoms with Gasteiger partial charge in [-0.25, -0.2) is 18.1 Å². The summed E-state index contributed by atoms with van der Waals surface area (Å²) in [5.41, 5.74) is 3.38. The highest BCUT2D eigenvalue weighted by Crippen LogP contribution is 2.38. The van der Waals surface area contributed by atoms with Crippen molar-refractivity contribution in [3.8, 4) is 17.6 Å². The van der Waals surface area contributed by atoms with Crippen LogP contribution < -0.4 is 19.7 Å². The van der Waals surface area contributed by atoms with Gasteiger partial charge in [0.1, 0.15) is 5.75 Å². The van der Waals surface area contributed by atoms with Gasteiger partial charge in [0.05, 0.1) is 24.6 Å². The van der Waals surface area contributed by atoms with Crippen LogP contribution in [0, 0.1) is 18.8 Å². The lowest BCUT2D eigenvalue weighted by molar-refractivity contribution is -0.118. The summed E-state index contributed by atoms with van der Waals surface area (Å²) >= 11 is 0. The Hall–Kier alpha value is -3.51. The number of amides is 3. The summed E-state index contributed by atoms with van der Waals surface area (Å²) in [4.78, 5) is 26.1. The van der Waals surface area contributed by atoms with Crippen molar-refractivity contribution in [1.82, 2.24) is 5.32 Å². The van der Waals surface area contributed by atoms with E-state index in [0.717, 1.165) is 22.3 Å². The van der Waals surface area contributed by atoms with Crippen molar-refractivity contribution in [2.24, 2.45) is 0 Å². The highest BCUT2D eigenvalue weighted by molar-refractivity contribution is 7.92. The van der Waals surface area contributed by atoms with Crippen molar-refractivity contribution in [2.45, 2.75) is 39.5 Å². The number of hydrogen-bond donors (Lipinski definition) is 2. The van der Waals surface area contributed by atoms with Gasteiger partial charge in [-0.05, 0) is 48.2 Å². The monoisotopic (exact) mass is 483 g/mol. The maximum absolute atomic E-state index is 12.5. The molecule has 1 aliphatic rings. The van der Waals surface area contributed by atoms with Gasteiger partial charge in [-0.15, -0.1) is 0 Å². The third kappa shape index (κ3) is 5.69. The third-order valence-electron chi connectivity index (χ3n) is 5.27. The van der Waals surface area contributed by atoms with Crippen LogP contribution in [-0.2, 0) is 20.2 Å². The Bertz CT molecular complexity index is 1300. The number of rotatable bonds is 4. The topological polar surface area (TPSA) is 105 Å². The molecule has 0 aromatic heterocycles. The highest BCUT2D eigenvalue weighted by atomic mass is 32.2. The second-order valence-electron chi connectivity index (χ2n) is 9.19. The summed E-state index contributed by atoms with van der Waals surface area (Å²) in [6.45, 7) is 8.19. The van der Waals surface area contributed by atoms with Crippen LogP contribution in [0.15, 0.2) is 30.3 Å². The molecule has 8 nitrogen and oxygen atoms in total. The van der Waals surface area contributed by atoms with Crippen LogP contribution in [-0.4, -0.2) is 40.3 Å². The summed E-state index contributed by atoms with van der Waals surface area (Å²) in [5, 5.41) is 2.70. The largest absolute Gasteiger partial charge is 0.495 e. The number of nitrogens with one attached hydrogen (secondary N) is 2. The minimum absolute atomic E-state index is 0.219. The lowest BCUT2D eigenvalue weighted by Crippen LogP contribution is -2.50. The van der Waals surface area contributed by atoms with Crippen LogP contribution in [0.3, 0.4) is 0 Å². The second-order valence-corrected chi connectivity index (χ2v) is 10.9. The number of urea groups is 1. The predicted octanol–water partition coefficient (Wildman–Crippen LogP) is 3.52. The number of benzene rings is 2. The number of nitrogens with zero attached hydrogens (tertiary/aromatic N) is 1. The predicted molar refractivity (Wildman–Crippen MR) is 133 cm³/mol. The molecule has 2 N–H and O–H groups in total. The zero-order valence-corrected chi connectivity index (χ0v) is 21.0. The number of carbonyl (C=O) groups excluding carboxylic acids is 2. The highest BCUT2D eigenvalue weighted by Gasteiger charge is 2.30. The lowest BCUT2D eigenvalue weighted by Gasteiger charge is -2.29. The fourth-order valence-electron chi connectivity index (χ4n) is 3.67. The first-order chi connectivity index (χ1) is 15.8. The summed E-state index contributed by atoms with van der Waals surface area (Å²) < 4.78 is 31.1. The fraction of sp³-hybridized carbons (Fsp3) is 0.360. The first kappa shape index (κ1) is 25.1. The van der Waals surface area contributed by atoms with Crippen molar-refractivity contribution in [1.29, 1.82) is 0 Å². The Balaban J connectivity index is 2.12. The zero-order valence-electron chi connectivity index (χ0n) is 20.2. The summed E-state index contributed by atoms with van der Waals surface area (Å²) in [6, 6.07) is 8.09. The number of ether oxygens (including phenoxy) is 1. The van der Waals surface area contributed by atoms with E-state index >= 15 is 0 Å². The normalized spacial score (nSPS) is 14.2. The second kappa shape index (κ2) is 9.39.